The van der Waals surface area contributed by atoms with Gasteiger partial charge in [-0.15, -0.1) is 0 Å². The molecule has 0 bridgehead atoms. The van der Waals surface area contributed by atoms with Crippen LogP contribution in [0, 0.1) is 0 Å². The molecule has 10 nitrogen and oxygen atoms in total. The number of nitrogens with zero attached hydrogens (tertiary/aromatic N) is 6. The molecule has 36 heavy (non-hydrogen) atoms. The number of nitrogens with two attached hydrogens (primary N) is 1. The van der Waals surface area contributed by atoms with Gasteiger partial charge in [0.25, 0.3) is 0 Å². The Morgan fingerprint density at radius 2 is 1.72 bits per heavy atom. The molecule has 4 aromatic rings. The Morgan fingerprint density at radius 3 is 2.47 bits per heavy atom. The average Bonchev–Trinajstić information content (AvgIpc) is 3.28. The Kier molecular flexibility index (Phi) is 5.96. The predicted molar refractivity (Wildman–Crippen MR) is 135 cm³/mol. The van der Waals surface area contributed by atoms with Crippen LogP contribution in [0.15, 0.2) is 60.9 Å². The van der Waals surface area contributed by atoms with Crippen molar-refractivity contribution in [1.82, 2.24) is 29.5 Å². The molecular weight excluding hydrogens is 458 g/mol. The summed E-state index contributed by atoms with van der Waals surface area (Å²) in [6.45, 7) is 4.39. The molecule has 0 unspecified atom stereocenters. The van der Waals surface area contributed by atoms with Gasteiger partial charge in [-0.05, 0) is 36.4 Å². The summed E-state index contributed by atoms with van der Waals surface area (Å²) < 4.78 is 13.2. The van der Waals surface area contributed by atoms with E-state index in [4.69, 9.17) is 20.3 Å². The summed E-state index contributed by atoms with van der Waals surface area (Å²) in [5.74, 6) is 2.05. The van der Waals surface area contributed by atoms with Crippen molar-refractivity contribution in [3.05, 3.63) is 60.9 Å². The number of anilines is 1. The van der Waals surface area contributed by atoms with E-state index >= 15 is 0 Å². The maximum absolute atomic E-state index is 12.6. The van der Waals surface area contributed by atoms with Gasteiger partial charge in [-0.2, -0.15) is 5.10 Å². The minimum absolute atomic E-state index is 0.105. The SMILES string of the molecule is Nc1ncnc2c1c(-c1ccc(Oc3ccccc3)cc1)nn2C1CN(CC(=O)N2CCOCC2)C1. The maximum Gasteiger partial charge on any atom is 0.236 e. The topological polar surface area (TPSA) is 112 Å². The number of hydrogen-bond donors (Lipinski definition) is 1. The summed E-state index contributed by atoms with van der Waals surface area (Å²) in [6.07, 6.45) is 1.47. The molecule has 2 aromatic carbocycles. The van der Waals surface area contributed by atoms with Gasteiger partial charge in [-0.3, -0.25) is 9.69 Å². The quantitative estimate of drug-likeness (QED) is 0.444. The Bertz CT molecular complexity index is 1360. The zero-order valence-corrected chi connectivity index (χ0v) is 19.8. The molecule has 6 rings (SSSR count). The van der Waals surface area contributed by atoms with Crippen molar-refractivity contribution in [3.8, 4) is 22.8 Å². The highest BCUT2D eigenvalue weighted by Gasteiger charge is 2.34. The summed E-state index contributed by atoms with van der Waals surface area (Å²) >= 11 is 0. The number of aromatic nitrogens is 4. The average molecular weight is 486 g/mol. The molecule has 0 atom stereocenters. The summed E-state index contributed by atoms with van der Waals surface area (Å²) in [5.41, 5.74) is 8.61. The van der Waals surface area contributed by atoms with Crippen LogP contribution in [0.25, 0.3) is 22.3 Å². The van der Waals surface area contributed by atoms with E-state index in [9.17, 15) is 4.79 Å². The third-order valence-electron chi connectivity index (χ3n) is 6.63. The first-order chi connectivity index (χ1) is 17.7. The Morgan fingerprint density at radius 1 is 1.00 bits per heavy atom. The number of ether oxygens (including phenoxy) is 2. The first-order valence-corrected chi connectivity index (χ1v) is 12.1. The molecule has 2 N–H and O–H groups in total. The molecule has 0 aliphatic carbocycles. The van der Waals surface area contributed by atoms with Gasteiger partial charge in [0, 0.05) is 31.7 Å². The van der Waals surface area contributed by atoms with E-state index in [2.05, 4.69) is 14.9 Å². The number of carbonyl (C=O) groups is 1. The third kappa shape index (κ3) is 4.36. The molecule has 2 aromatic heterocycles. The molecular formula is C26H27N7O3. The number of rotatable bonds is 6. The molecule has 0 saturated carbocycles. The van der Waals surface area contributed by atoms with Crippen molar-refractivity contribution in [2.24, 2.45) is 0 Å². The standard InChI is InChI=1S/C26H27N7O3/c27-25-23-24(18-6-8-21(9-7-18)36-20-4-2-1-3-5-20)30-33(26(23)29-17-28-25)19-14-31(15-19)16-22(34)32-10-12-35-13-11-32/h1-9,17,19H,10-16H2,(H2,27,28,29). The third-order valence-corrected chi connectivity index (χ3v) is 6.63. The number of nitrogen functional groups attached to an aromatic ring is 1. The van der Waals surface area contributed by atoms with Crippen LogP contribution in [-0.2, 0) is 9.53 Å². The molecule has 0 spiro atoms. The fourth-order valence-corrected chi connectivity index (χ4v) is 4.69. The van der Waals surface area contributed by atoms with Gasteiger partial charge < -0.3 is 20.1 Å². The normalized spacial score (nSPS) is 16.7. The van der Waals surface area contributed by atoms with E-state index < -0.39 is 0 Å². The molecule has 4 heterocycles. The number of likely N-dealkylation sites (tertiary alicyclic amines) is 1. The lowest BCUT2D eigenvalue weighted by molar-refractivity contribution is -0.138. The van der Waals surface area contributed by atoms with Crippen molar-refractivity contribution < 1.29 is 14.3 Å². The van der Waals surface area contributed by atoms with Crippen LogP contribution in [0.3, 0.4) is 0 Å². The van der Waals surface area contributed by atoms with Gasteiger partial charge in [-0.25, -0.2) is 14.6 Å². The van der Waals surface area contributed by atoms with E-state index in [1.54, 1.807) is 0 Å². The first kappa shape index (κ1) is 22.4. The van der Waals surface area contributed by atoms with E-state index in [1.807, 2.05) is 64.2 Å². The number of hydrogen-bond acceptors (Lipinski definition) is 8. The zero-order valence-electron chi connectivity index (χ0n) is 19.8. The van der Waals surface area contributed by atoms with E-state index in [0.717, 1.165) is 41.2 Å². The fraction of sp³-hybridized carbons (Fsp3) is 0.308. The summed E-state index contributed by atoms with van der Waals surface area (Å²) in [6, 6.07) is 17.5. The van der Waals surface area contributed by atoms with Crippen LogP contribution < -0.4 is 10.5 Å². The van der Waals surface area contributed by atoms with Gasteiger partial charge in [0.15, 0.2) is 5.65 Å². The van der Waals surface area contributed by atoms with Gasteiger partial charge in [0.05, 0.1) is 31.2 Å². The molecule has 184 valence electrons. The Hall–Kier alpha value is -4.02. The highest BCUT2D eigenvalue weighted by Crippen LogP contribution is 2.34. The second-order valence-corrected chi connectivity index (χ2v) is 9.03. The number of fused-ring (bicyclic) bond motifs is 1. The van der Waals surface area contributed by atoms with E-state index in [1.165, 1.54) is 6.33 Å². The highest BCUT2D eigenvalue weighted by atomic mass is 16.5. The Balaban J connectivity index is 1.20. The summed E-state index contributed by atoms with van der Waals surface area (Å²) in [7, 11) is 0. The van der Waals surface area contributed by atoms with Crippen LogP contribution in [-0.4, -0.2) is 81.4 Å². The van der Waals surface area contributed by atoms with Gasteiger partial charge >= 0.3 is 0 Å². The Labute approximate surface area is 208 Å². The molecule has 2 aliphatic heterocycles. The first-order valence-electron chi connectivity index (χ1n) is 12.1. The number of benzene rings is 2. The fourth-order valence-electron chi connectivity index (χ4n) is 4.69. The monoisotopic (exact) mass is 485 g/mol. The van der Waals surface area contributed by atoms with Crippen LogP contribution in [0.2, 0.25) is 0 Å². The number of morpholine rings is 1. The van der Waals surface area contributed by atoms with Gasteiger partial charge in [-0.1, -0.05) is 18.2 Å². The van der Waals surface area contributed by atoms with Crippen LogP contribution in [0.4, 0.5) is 5.82 Å². The van der Waals surface area contributed by atoms with Crippen molar-refractivity contribution in [1.29, 1.82) is 0 Å². The van der Waals surface area contributed by atoms with Crippen LogP contribution in [0.1, 0.15) is 6.04 Å². The van der Waals surface area contributed by atoms with Crippen molar-refractivity contribution in [3.63, 3.8) is 0 Å². The van der Waals surface area contributed by atoms with Crippen LogP contribution in [0.5, 0.6) is 11.5 Å². The van der Waals surface area contributed by atoms with Gasteiger partial charge in [0.2, 0.25) is 5.91 Å². The lowest BCUT2D eigenvalue weighted by Gasteiger charge is -2.40. The number of carbonyl (C=O) groups excluding carboxylic acids is 1. The van der Waals surface area contributed by atoms with Crippen molar-refractivity contribution >= 4 is 22.8 Å². The molecule has 0 radical (unpaired) electrons. The van der Waals surface area contributed by atoms with Crippen molar-refractivity contribution in [2.45, 2.75) is 6.04 Å². The minimum atomic E-state index is 0.105. The van der Waals surface area contributed by atoms with Gasteiger partial charge in [0.1, 0.15) is 29.3 Å². The summed E-state index contributed by atoms with van der Waals surface area (Å²) in [4.78, 5) is 25.3. The lowest BCUT2D eigenvalue weighted by Crippen LogP contribution is -2.53. The molecule has 2 aliphatic rings. The zero-order chi connectivity index (χ0) is 24.5. The largest absolute Gasteiger partial charge is 0.457 e. The van der Waals surface area contributed by atoms with Crippen LogP contribution >= 0.6 is 0 Å². The lowest BCUT2D eigenvalue weighted by atomic mass is 10.1. The molecule has 1 amide bonds. The molecule has 2 saturated heterocycles. The minimum Gasteiger partial charge on any atom is -0.457 e. The predicted octanol–water partition coefficient (Wildman–Crippen LogP) is 2.58. The summed E-state index contributed by atoms with van der Waals surface area (Å²) in [5, 5.41) is 5.65. The van der Waals surface area contributed by atoms with Crippen molar-refractivity contribution in [2.75, 3.05) is 51.7 Å². The number of amides is 1. The van der Waals surface area contributed by atoms with E-state index in [0.29, 0.717) is 44.3 Å². The second kappa shape index (κ2) is 9.56. The second-order valence-electron chi connectivity index (χ2n) is 9.03. The molecule has 2 fully saturated rings. The number of para-hydroxylation sites is 1. The smallest absolute Gasteiger partial charge is 0.236 e. The highest BCUT2D eigenvalue weighted by molar-refractivity contribution is 5.98. The maximum atomic E-state index is 12.6. The molecule has 10 heteroatoms. The van der Waals surface area contributed by atoms with E-state index in [-0.39, 0.29) is 11.9 Å².